The predicted molar refractivity (Wildman–Crippen MR) is 131 cm³/mol. The number of hydrogen-bond donors (Lipinski definition) is 0. The highest BCUT2D eigenvalue weighted by atomic mass is 79.9. The van der Waals surface area contributed by atoms with Crippen LogP contribution in [0.5, 0.6) is 0 Å². The van der Waals surface area contributed by atoms with Crippen LogP contribution in [0.3, 0.4) is 0 Å². The van der Waals surface area contributed by atoms with Crippen LogP contribution in [-0.4, -0.2) is 21.3 Å². The van der Waals surface area contributed by atoms with Crippen molar-refractivity contribution in [1.29, 1.82) is 0 Å². The minimum atomic E-state index is 0.726. The molecule has 0 unspecified atom stereocenters. The Balaban J connectivity index is 1.67. The number of fused-ring (bicyclic) bond motifs is 1. The predicted octanol–water partition coefficient (Wildman–Crippen LogP) is 7.82. The Morgan fingerprint density at radius 1 is 0.867 bits per heavy atom. The van der Waals surface area contributed by atoms with Crippen LogP contribution < -0.4 is 0 Å². The number of unbranched alkanes of at least 4 members (excludes halogenated alkanes) is 5. The lowest BCUT2D eigenvalue weighted by Gasteiger charge is -2.02. The number of aromatic nitrogens is 3. The highest BCUT2D eigenvalue weighted by Crippen LogP contribution is 2.39. The van der Waals surface area contributed by atoms with Gasteiger partial charge in [0.25, 0.3) is 0 Å². The van der Waals surface area contributed by atoms with Gasteiger partial charge >= 0.3 is 0 Å². The van der Waals surface area contributed by atoms with Crippen molar-refractivity contribution in [1.82, 2.24) is 15.0 Å². The minimum Gasteiger partial charge on any atom is -0.297 e. The summed E-state index contributed by atoms with van der Waals surface area (Å²) in [7, 11) is 0. The Morgan fingerprint density at radius 2 is 1.50 bits per heavy atom. The van der Waals surface area contributed by atoms with Gasteiger partial charge in [-0.15, -0.1) is 22.7 Å². The van der Waals surface area contributed by atoms with Gasteiger partial charge in [0.15, 0.2) is 6.29 Å². The van der Waals surface area contributed by atoms with Crippen LogP contribution in [0.4, 0.5) is 0 Å². The monoisotopic (exact) mass is 501 g/mol. The zero-order valence-electron chi connectivity index (χ0n) is 16.9. The van der Waals surface area contributed by atoms with E-state index < -0.39 is 0 Å². The van der Waals surface area contributed by atoms with Gasteiger partial charge in [-0.05, 0) is 46.6 Å². The summed E-state index contributed by atoms with van der Waals surface area (Å²) in [5, 5.41) is 9.75. The molecule has 0 amide bonds. The van der Waals surface area contributed by atoms with Crippen LogP contribution in [0, 0.1) is 0 Å². The van der Waals surface area contributed by atoms with E-state index in [1.807, 2.05) is 16.9 Å². The first kappa shape index (κ1) is 21.4. The first-order valence-corrected chi connectivity index (χ1v) is 12.8. The first-order chi connectivity index (χ1) is 14.7. The maximum atomic E-state index is 11.1. The lowest BCUT2D eigenvalue weighted by atomic mass is 10.1. The topological polar surface area (TPSA) is 47.8 Å². The number of nitrogens with zero attached hydrogens (tertiary/aromatic N) is 3. The summed E-state index contributed by atoms with van der Waals surface area (Å²) in [5.74, 6) is 0. The molecule has 1 aromatic carbocycles. The van der Waals surface area contributed by atoms with Crippen molar-refractivity contribution >= 4 is 55.9 Å². The molecule has 4 rings (SSSR count). The number of aldehydes is 1. The highest BCUT2D eigenvalue weighted by molar-refractivity contribution is 9.11. The molecule has 0 saturated carbocycles. The summed E-state index contributed by atoms with van der Waals surface area (Å²) in [5.41, 5.74) is 3.97. The van der Waals surface area contributed by atoms with Crippen molar-refractivity contribution in [3.8, 4) is 20.9 Å². The average Bonchev–Trinajstić information content (AvgIpc) is 3.49. The van der Waals surface area contributed by atoms with Crippen molar-refractivity contribution in [2.75, 3.05) is 0 Å². The molecule has 0 spiro atoms. The fourth-order valence-corrected chi connectivity index (χ4v) is 5.85. The Bertz CT molecular complexity index is 1140. The molecule has 0 aliphatic carbocycles. The van der Waals surface area contributed by atoms with Gasteiger partial charge in [-0.1, -0.05) is 51.2 Å². The number of rotatable bonds is 10. The molecule has 4 aromatic rings. The zero-order chi connectivity index (χ0) is 20.9. The van der Waals surface area contributed by atoms with Gasteiger partial charge in [0, 0.05) is 20.9 Å². The first-order valence-electron chi connectivity index (χ1n) is 10.4. The molecule has 0 aliphatic heterocycles. The van der Waals surface area contributed by atoms with E-state index in [0.29, 0.717) is 0 Å². The lowest BCUT2D eigenvalue weighted by molar-refractivity contribution is 0.112. The van der Waals surface area contributed by atoms with Crippen molar-refractivity contribution in [2.45, 2.75) is 52.0 Å². The second-order valence-corrected chi connectivity index (χ2v) is 10.9. The summed E-state index contributed by atoms with van der Waals surface area (Å²) in [6.07, 6.45) is 8.37. The number of carbonyl (C=O) groups excluding carboxylic acids is 1. The van der Waals surface area contributed by atoms with Crippen molar-refractivity contribution in [3.63, 3.8) is 0 Å². The van der Waals surface area contributed by atoms with Crippen LogP contribution in [-0.2, 0) is 6.54 Å². The minimum absolute atomic E-state index is 0.726. The van der Waals surface area contributed by atoms with Crippen LogP contribution in [0.25, 0.3) is 31.9 Å². The standard InChI is InChI=1S/C23H24BrN3OS2/c1-2-3-4-5-6-7-14-27-25-22-17(19-11-8-16(15-28)29-19)9-10-18(23(22)26-27)20-12-13-21(24)30-20/h8-13,15H,2-7,14H2,1H3. The molecule has 3 heterocycles. The molecule has 0 atom stereocenters. The number of hydrogen-bond acceptors (Lipinski definition) is 5. The highest BCUT2D eigenvalue weighted by Gasteiger charge is 2.17. The average molecular weight is 503 g/mol. The van der Waals surface area contributed by atoms with E-state index in [4.69, 9.17) is 10.2 Å². The molecule has 3 aromatic heterocycles. The summed E-state index contributed by atoms with van der Waals surface area (Å²) < 4.78 is 1.10. The molecule has 0 radical (unpaired) electrons. The van der Waals surface area contributed by atoms with Gasteiger partial charge in [-0.3, -0.25) is 4.79 Å². The van der Waals surface area contributed by atoms with E-state index in [2.05, 4.69) is 47.1 Å². The quantitative estimate of drug-likeness (QED) is 0.164. The van der Waals surface area contributed by atoms with Crippen molar-refractivity contribution in [3.05, 3.63) is 45.1 Å². The van der Waals surface area contributed by atoms with Gasteiger partial charge in [0.1, 0.15) is 11.0 Å². The molecule has 30 heavy (non-hydrogen) atoms. The number of halogens is 1. The Kier molecular flexibility index (Phi) is 7.12. The van der Waals surface area contributed by atoms with Gasteiger partial charge in [-0.25, -0.2) is 0 Å². The third-order valence-corrected chi connectivity index (χ3v) is 7.84. The van der Waals surface area contributed by atoms with Crippen molar-refractivity contribution in [2.24, 2.45) is 0 Å². The van der Waals surface area contributed by atoms with Gasteiger partial charge < -0.3 is 0 Å². The molecular formula is C23H24BrN3OS2. The molecule has 7 heteroatoms. The normalized spacial score (nSPS) is 11.4. The maximum Gasteiger partial charge on any atom is 0.160 e. The Labute approximate surface area is 193 Å². The number of benzene rings is 1. The molecule has 0 N–H and O–H groups in total. The van der Waals surface area contributed by atoms with E-state index >= 15 is 0 Å². The Morgan fingerprint density at radius 3 is 2.10 bits per heavy atom. The van der Waals surface area contributed by atoms with Gasteiger partial charge in [0.05, 0.1) is 15.2 Å². The summed E-state index contributed by atoms with van der Waals surface area (Å²) in [4.78, 5) is 15.9. The van der Waals surface area contributed by atoms with Crippen LogP contribution in [0.15, 0.2) is 40.2 Å². The van der Waals surface area contributed by atoms with E-state index in [1.54, 1.807) is 11.3 Å². The van der Waals surface area contributed by atoms with Crippen LogP contribution >= 0.6 is 38.6 Å². The summed E-state index contributed by atoms with van der Waals surface area (Å²) in [6, 6.07) is 12.3. The Hall–Kier alpha value is -1.83. The zero-order valence-corrected chi connectivity index (χ0v) is 20.2. The smallest absolute Gasteiger partial charge is 0.160 e. The number of carbonyl (C=O) groups is 1. The summed E-state index contributed by atoms with van der Waals surface area (Å²) >= 11 is 6.76. The molecule has 0 bridgehead atoms. The second kappa shape index (κ2) is 9.98. The third-order valence-electron chi connectivity index (χ3n) is 5.14. The van der Waals surface area contributed by atoms with E-state index in [9.17, 15) is 4.79 Å². The molecule has 0 saturated heterocycles. The van der Waals surface area contributed by atoms with Crippen molar-refractivity contribution < 1.29 is 4.79 Å². The largest absolute Gasteiger partial charge is 0.297 e. The molecule has 4 nitrogen and oxygen atoms in total. The summed E-state index contributed by atoms with van der Waals surface area (Å²) in [6.45, 7) is 3.07. The fourth-order valence-electron chi connectivity index (χ4n) is 3.59. The lowest BCUT2D eigenvalue weighted by Crippen LogP contribution is -2.02. The van der Waals surface area contributed by atoms with Crippen LogP contribution in [0.1, 0.15) is 55.1 Å². The molecule has 0 aliphatic rings. The van der Waals surface area contributed by atoms with E-state index in [0.717, 1.165) is 55.0 Å². The van der Waals surface area contributed by atoms with Gasteiger partial charge in [0.2, 0.25) is 0 Å². The molecule has 156 valence electrons. The van der Waals surface area contributed by atoms with E-state index in [1.165, 1.54) is 48.3 Å². The second-order valence-electron chi connectivity index (χ2n) is 7.35. The SMILES string of the molecule is CCCCCCCCn1nc2c(-c3ccc(Br)s3)ccc(-c3ccc(C=O)s3)c2n1. The third kappa shape index (κ3) is 4.74. The van der Waals surface area contributed by atoms with Gasteiger partial charge in [-0.2, -0.15) is 15.0 Å². The maximum absolute atomic E-state index is 11.1. The fraction of sp³-hybridized carbons (Fsp3) is 0.348. The molecule has 0 fully saturated rings. The van der Waals surface area contributed by atoms with E-state index in [-0.39, 0.29) is 0 Å². The number of thiophene rings is 2. The van der Waals surface area contributed by atoms with Crippen LogP contribution in [0.2, 0.25) is 0 Å². The molecular weight excluding hydrogens is 478 g/mol. The number of aryl methyl sites for hydroxylation is 1.